The molecule has 2 rings (SSSR count). The van der Waals surface area contributed by atoms with E-state index in [2.05, 4.69) is 10.3 Å². The van der Waals surface area contributed by atoms with Crippen LogP contribution >= 0.6 is 11.8 Å². The van der Waals surface area contributed by atoms with E-state index in [1.807, 2.05) is 0 Å². The summed E-state index contributed by atoms with van der Waals surface area (Å²) in [7, 11) is 0. The Balaban J connectivity index is 1.76. The van der Waals surface area contributed by atoms with Gasteiger partial charge in [0.25, 0.3) is 5.91 Å². The molecule has 3 nitrogen and oxygen atoms in total. The SMILES string of the molecule is O=C(NCCSc1ccc(C(F)(F)F)cc1)c1cccnc1. The second-order valence-corrected chi connectivity index (χ2v) is 5.54. The van der Waals surface area contributed by atoms with Crippen molar-refractivity contribution >= 4 is 17.7 Å². The van der Waals surface area contributed by atoms with Crippen molar-refractivity contribution in [1.29, 1.82) is 0 Å². The van der Waals surface area contributed by atoms with Gasteiger partial charge in [-0.25, -0.2) is 0 Å². The minimum atomic E-state index is -4.32. The molecule has 0 aliphatic heterocycles. The molecule has 0 bridgehead atoms. The predicted molar refractivity (Wildman–Crippen MR) is 78.7 cm³/mol. The summed E-state index contributed by atoms with van der Waals surface area (Å²) < 4.78 is 37.3. The van der Waals surface area contributed by atoms with Gasteiger partial charge in [0.05, 0.1) is 11.1 Å². The maximum absolute atomic E-state index is 12.4. The molecule has 22 heavy (non-hydrogen) atoms. The minimum Gasteiger partial charge on any atom is -0.351 e. The summed E-state index contributed by atoms with van der Waals surface area (Å²) in [6.07, 6.45) is -1.27. The Morgan fingerprint density at radius 1 is 1.18 bits per heavy atom. The van der Waals surface area contributed by atoms with E-state index in [0.29, 0.717) is 17.9 Å². The average molecular weight is 326 g/mol. The molecule has 0 spiro atoms. The number of benzene rings is 1. The van der Waals surface area contributed by atoms with Gasteiger partial charge in [0, 0.05) is 29.6 Å². The first kappa shape index (κ1) is 16.4. The molecule has 0 unspecified atom stereocenters. The van der Waals surface area contributed by atoms with Crippen LogP contribution in [0.1, 0.15) is 15.9 Å². The van der Waals surface area contributed by atoms with Crippen LogP contribution in [0, 0.1) is 0 Å². The van der Waals surface area contributed by atoms with Crippen LogP contribution in [0.15, 0.2) is 53.7 Å². The third kappa shape index (κ3) is 4.77. The summed E-state index contributed by atoms with van der Waals surface area (Å²) in [5, 5.41) is 2.73. The molecule has 1 aromatic carbocycles. The van der Waals surface area contributed by atoms with Gasteiger partial charge in [-0.15, -0.1) is 11.8 Å². The Labute approximate surface area is 129 Å². The fraction of sp³-hybridized carbons (Fsp3) is 0.200. The highest BCUT2D eigenvalue weighted by atomic mass is 32.2. The van der Waals surface area contributed by atoms with E-state index in [9.17, 15) is 18.0 Å². The molecule has 1 heterocycles. The Morgan fingerprint density at radius 3 is 2.50 bits per heavy atom. The Morgan fingerprint density at radius 2 is 1.91 bits per heavy atom. The topological polar surface area (TPSA) is 42.0 Å². The third-order valence-corrected chi connectivity index (χ3v) is 3.78. The molecule has 0 fully saturated rings. The molecule has 7 heteroatoms. The largest absolute Gasteiger partial charge is 0.416 e. The summed E-state index contributed by atoms with van der Waals surface area (Å²) in [6, 6.07) is 8.29. The summed E-state index contributed by atoms with van der Waals surface area (Å²) in [6.45, 7) is 0.416. The van der Waals surface area contributed by atoms with Gasteiger partial charge in [0.15, 0.2) is 0 Å². The van der Waals surface area contributed by atoms with Crippen molar-refractivity contribution in [3.63, 3.8) is 0 Å². The van der Waals surface area contributed by atoms with Crippen LogP contribution in [-0.2, 0) is 6.18 Å². The van der Waals surface area contributed by atoms with E-state index in [1.54, 1.807) is 18.3 Å². The molecule has 1 N–H and O–H groups in total. The second kappa shape index (κ2) is 7.31. The van der Waals surface area contributed by atoms with Gasteiger partial charge in [-0.2, -0.15) is 13.2 Å². The number of halogens is 3. The van der Waals surface area contributed by atoms with Crippen LogP contribution in [0.25, 0.3) is 0 Å². The minimum absolute atomic E-state index is 0.221. The van der Waals surface area contributed by atoms with E-state index >= 15 is 0 Å². The first-order chi connectivity index (χ1) is 10.5. The van der Waals surface area contributed by atoms with E-state index in [0.717, 1.165) is 17.0 Å². The van der Waals surface area contributed by atoms with Crippen molar-refractivity contribution < 1.29 is 18.0 Å². The van der Waals surface area contributed by atoms with Gasteiger partial charge in [0.2, 0.25) is 0 Å². The van der Waals surface area contributed by atoms with Crippen LogP contribution < -0.4 is 5.32 Å². The van der Waals surface area contributed by atoms with E-state index in [4.69, 9.17) is 0 Å². The molecule has 0 saturated heterocycles. The maximum Gasteiger partial charge on any atom is 0.416 e. The molecular weight excluding hydrogens is 313 g/mol. The van der Waals surface area contributed by atoms with Gasteiger partial charge in [-0.1, -0.05) is 0 Å². The first-order valence-electron chi connectivity index (χ1n) is 6.45. The predicted octanol–water partition coefficient (Wildman–Crippen LogP) is 3.62. The number of carbonyl (C=O) groups excluding carboxylic acids is 1. The molecule has 116 valence electrons. The number of pyridine rings is 1. The lowest BCUT2D eigenvalue weighted by Gasteiger charge is -2.08. The summed E-state index contributed by atoms with van der Waals surface area (Å²) in [5.41, 5.74) is -0.191. The van der Waals surface area contributed by atoms with E-state index < -0.39 is 11.7 Å². The molecular formula is C15H13F3N2OS. The lowest BCUT2D eigenvalue weighted by Crippen LogP contribution is -2.25. The summed E-state index contributed by atoms with van der Waals surface area (Å²) in [5.74, 6) is 0.346. The van der Waals surface area contributed by atoms with Crippen LogP contribution in [0.2, 0.25) is 0 Å². The monoisotopic (exact) mass is 326 g/mol. The zero-order valence-corrected chi connectivity index (χ0v) is 12.2. The number of carbonyl (C=O) groups is 1. The van der Waals surface area contributed by atoms with Crippen molar-refractivity contribution in [2.24, 2.45) is 0 Å². The number of nitrogens with zero attached hydrogens (tertiary/aromatic N) is 1. The zero-order valence-electron chi connectivity index (χ0n) is 11.4. The van der Waals surface area contributed by atoms with Gasteiger partial charge < -0.3 is 5.32 Å². The molecule has 2 aromatic rings. The van der Waals surface area contributed by atoms with Crippen molar-refractivity contribution in [2.75, 3.05) is 12.3 Å². The van der Waals surface area contributed by atoms with Crippen molar-refractivity contribution in [3.8, 4) is 0 Å². The number of hydrogen-bond donors (Lipinski definition) is 1. The van der Waals surface area contributed by atoms with E-state index in [-0.39, 0.29) is 5.91 Å². The van der Waals surface area contributed by atoms with Crippen molar-refractivity contribution in [3.05, 3.63) is 59.9 Å². The number of hydrogen-bond acceptors (Lipinski definition) is 3. The standard InChI is InChI=1S/C15H13F3N2OS/c16-15(17,18)12-3-5-13(6-4-12)22-9-8-20-14(21)11-2-1-7-19-10-11/h1-7,10H,8-9H2,(H,20,21). The number of alkyl halides is 3. The fourth-order valence-corrected chi connectivity index (χ4v) is 2.44. The van der Waals surface area contributed by atoms with Crippen LogP contribution in [-0.4, -0.2) is 23.2 Å². The molecule has 1 aromatic heterocycles. The second-order valence-electron chi connectivity index (χ2n) is 4.37. The molecule has 0 saturated carbocycles. The van der Waals surface area contributed by atoms with Gasteiger partial charge in [-0.05, 0) is 36.4 Å². The first-order valence-corrected chi connectivity index (χ1v) is 7.43. The van der Waals surface area contributed by atoms with Crippen LogP contribution in [0.4, 0.5) is 13.2 Å². The van der Waals surface area contributed by atoms with Crippen LogP contribution in [0.5, 0.6) is 0 Å². The molecule has 1 amide bonds. The maximum atomic E-state index is 12.4. The lowest BCUT2D eigenvalue weighted by molar-refractivity contribution is -0.137. The zero-order chi connectivity index (χ0) is 16.0. The lowest BCUT2D eigenvalue weighted by atomic mass is 10.2. The number of amides is 1. The highest BCUT2D eigenvalue weighted by Crippen LogP contribution is 2.30. The highest BCUT2D eigenvalue weighted by Gasteiger charge is 2.29. The van der Waals surface area contributed by atoms with Gasteiger partial charge in [0.1, 0.15) is 0 Å². The molecule has 0 radical (unpaired) electrons. The Bertz CT molecular complexity index is 615. The van der Waals surface area contributed by atoms with Gasteiger partial charge >= 0.3 is 6.18 Å². The van der Waals surface area contributed by atoms with Crippen molar-refractivity contribution in [2.45, 2.75) is 11.1 Å². The highest BCUT2D eigenvalue weighted by molar-refractivity contribution is 7.99. The quantitative estimate of drug-likeness (QED) is 0.674. The fourth-order valence-electron chi connectivity index (χ4n) is 1.67. The Hall–Kier alpha value is -2.02. The number of thioether (sulfide) groups is 1. The number of nitrogens with one attached hydrogen (secondary N) is 1. The van der Waals surface area contributed by atoms with Gasteiger partial charge in [-0.3, -0.25) is 9.78 Å². The number of aromatic nitrogens is 1. The van der Waals surface area contributed by atoms with E-state index in [1.165, 1.54) is 30.1 Å². The normalized spacial score (nSPS) is 11.2. The molecule has 0 aliphatic carbocycles. The third-order valence-electron chi connectivity index (χ3n) is 2.76. The number of rotatable bonds is 5. The van der Waals surface area contributed by atoms with Crippen molar-refractivity contribution in [1.82, 2.24) is 10.3 Å². The summed E-state index contributed by atoms with van der Waals surface area (Å²) in [4.78, 5) is 16.3. The Kier molecular flexibility index (Phi) is 5.43. The molecule has 0 aliphatic rings. The average Bonchev–Trinajstić information content (AvgIpc) is 2.52. The summed E-state index contributed by atoms with van der Waals surface area (Å²) >= 11 is 1.38. The molecule has 0 atom stereocenters. The van der Waals surface area contributed by atoms with Crippen LogP contribution in [0.3, 0.4) is 0 Å². The smallest absolute Gasteiger partial charge is 0.351 e.